The molecule has 0 atom stereocenters. The molecule has 699 valence electrons. The molecule has 0 saturated carbocycles. The number of pyridine rings is 8. The van der Waals surface area contributed by atoms with Gasteiger partial charge in [-0.25, -0.2) is 14.9 Å². The smallest absolute Gasteiger partial charge is 0.507 e. The number of fused-ring (bicyclic) bond motifs is 4. The third-order valence-electron chi connectivity index (χ3n) is 22.4. The second-order valence-corrected chi connectivity index (χ2v) is 32.1. The summed E-state index contributed by atoms with van der Waals surface area (Å²) in [7, 11) is 0. The molecule has 11 aromatic heterocycles. The molecular weight excluding hydrogens is 2440 g/mol. The van der Waals surface area contributed by atoms with Gasteiger partial charge in [-0.2, -0.15) is 0 Å². The van der Waals surface area contributed by atoms with E-state index in [1.54, 1.807) is 61.4 Å². The van der Waals surface area contributed by atoms with E-state index < -0.39 is 0 Å². The van der Waals surface area contributed by atoms with E-state index in [9.17, 15) is 10.2 Å². The van der Waals surface area contributed by atoms with E-state index in [1.807, 2.05) is 218 Å². The van der Waals surface area contributed by atoms with Crippen LogP contribution in [0.4, 0.5) is 0 Å². The van der Waals surface area contributed by atoms with Gasteiger partial charge in [0.05, 0.1) is 28.5 Å². The molecule has 11 aromatic carbocycles. The van der Waals surface area contributed by atoms with Crippen LogP contribution in [0.3, 0.4) is 0 Å². The summed E-state index contributed by atoms with van der Waals surface area (Å²) in [5, 5.41) is 33.9. The molecule has 0 aliphatic carbocycles. The molecule has 22 heteroatoms. The van der Waals surface area contributed by atoms with Crippen LogP contribution in [-0.4, -0.2) is 82.9 Å². The average Bonchev–Trinajstić information content (AvgIpc) is 1.35. The molecule has 22 aromatic rings. The number of benzene rings is 11. The van der Waals surface area contributed by atoms with Crippen molar-refractivity contribution in [1.82, 2.24) is 74.7 Å². The van der Waals surface area contributed by atoms with Crippen LogP contribution >= 0.6 is 0 Å². The third kappa shape index (κ3) is 27.7. The fraction of sp³-hybridized carbons (Fsp3) is 0.0932. The van der Waals surface area contributed by atoms with E-state index in [0.717, 1.165) is 134 Å². The van der Waals surface area contributed by atoms with Crippen molar-refractivity contribution in [3.8, 4) is 113 Å². The molecular formula is C118H95Ir4N16O2-4. The van der Waals surface area contributed by atoms with E-state index in [1.165, 1.54) is 43.4 Å². The number of aromatic nitrogens is 14. The van der Waals surface area contributed by atoms with Gasteiger partial charge >= 0.3 is 20.1 Å². The molecule has 22 rings (SSSR count). The van der Waals surface area contributed by atoms with Gasteiger partial charge in [-0.1, -0.05) is 254 Å². The number of phenols is 2. The fourth-order valence-electron chi connectivity index (χ4n) is 15.9. The second kappa shape index (κ2) is 52.3. The van der Waals surface area contributed by atoms with Gasteiger partial charge < -0.3 is 50.2 Å². The first-order valence-corrected chi connectivity index (χ1v) is 45.0. The van der Waals surface area contributed by atoms with Crippen molar-refractivity contribution < 1.29 is 95.3 Å². The van der Waals surface area contributed by atoms with Gasteiger partial charge in [0.2, 0.25) is 0 Å². The van der Waals surface area contributed by atoms with E-state index >= 15 is 0 Å². The predicted molar refractivity (Wildman–Crippen MR) is 541 cm³/mol. The van der Waals surface area contributed by atoms with E-state index in [2.05, 4.69) is 260 Å². The van der Waals surface area contributed by atoms with Crippen molar-refractivity contribution in [3.05, 3.63) is 478 Å². The van der Waals surface area contributed by atoms with Crippen molar-refractivity contribution in [2.45, 2.75) is 59.9 Å². The summed E-state index contributed by atoms with van der Waals surface area (Å²) in [5.74, 6) is 2.04. The first-order chi connectivity index (χ1) is 67.0. The SMILES string of the molecule is CCc1cccc(-c2[c-]cccc2)n1.Cc1cc(-c2[c-]ccc3ccccc23)nc(-c2[c-]ccc3ccccc23)c1.Cc1cc(-c2nccc3ccccc23)[c-]c(-c2nccc3ccccc23)c1.Oc1ccccc1-c1cccc(-c2cccc(-c3ccccc3O)n2)n1.[Ir+3].[Ir].[Ir].[Ir].[c-]1ccccc1-c1ccccn1.c1ccc(CN(CCCN(Cc2ncc[n-]2)C[n+]2ccc[n-]2)Cc2ncc[n-]2)nc1. The normalized spacial score (nSPS) is 10.6. The zero-order chi connectivity index (χ0) is 92.8. The van der Waals surface area contributed by atoms with Gasteiger partial charge in [-0.3, -0.25) is 24.5 Å². The van der Waals surface area contributed by atoms with E-state index in [0.29, 0.717) is 53.7 Å². The first kappa shape index (κ1) is 103. The van der Waals surface area contributed by atoms with Gasteiger partial charge in [0.25, 0.3) is 0 Å². The maximum atomic E-state index is 10.1. The molecule has 2 N–H and O–H groups in total. The molecule has 0 amide bonds. The van der Waals surface area contributed by atoms with Crippen molar-refractivity contribution in [3.63, 3.8) is 0 Å². The Kier molecular flexibility index (Phi) is 38.4. The number of hydrogen-bond donors (Lipinski definition) is 2. The predicted octanol–water partition coefficient (Wildman–Crippen LogP) is 24.0. The summed E-state index contributed by atoms with van der Waals surface area (Å²) in [5.41, 5.74) is 20.6. The number of para-hydroxylation sites is 2. The van der Waals surface area contributed by atoms with Crippen molar-refractivity contribution in [2.75, 3.05) is 13.1 Å². The Hall–Kier alpha value is -14.6. The summed E-state index contributed by atoms with van der Waals surface area (Å²) in [6.07, 6.45) is 20.0. The minimum Gasteiger partial charge on any atom is -0.507 e. The molecule has 0 aliphatic heterocycles. The number of hydrogen-bond acceptors (Lipinski definition) is 14. The summed E-state index contributed by atoms with van der Waals surface area (Å²) in [6.45, 7) is 11.0. The zero-order valence-corrected chi connectivity index (χ0v) is 86.4. The second-order valence-electron chi connectivity index (χ2n) is 32.1. The number of phenolic OH excluding ortho intramolecular Hbond substituents is 2. The first-order valence-electron chi connectivity index (χ1n) is 45.0. The van der Waals surface area contributed by atoms with Gasteiger partial charge in [0, 0.05) is 146 Å². The standard InChI is InChI=1S/C26H17N.C25H17N2.C22H16N2O2.C21H25N9.C13H12N.C11H8N.4Ir/c1-18-16-25(23-14-6-10-19-8-2-4-12-21(19)23)27-26(17-18)24-15-7-11-20-9-3-5-13-22(20)24;1-17-14-20(24-22-8-4-2-6-18(22)10-12-26-24)16-21(15-17)25-23-9-5-3-7-19(23)11-13-27-25;25-21-13-3-1-7-15(21)17-9-5-11-19(23-17)20-12-6-10-18(24-20)16-8-2-4-14-22(16)26;1-2-6-22-19(5-1)15-28(16-20-23-8-9-24-20)12-4-13-29(17-21-25-10-11-26-21)18-30-14-3-7-27-30;1-2-12-9-6-10-13(14-12)11-7-4-3-5-8-11;1-2-6-10(7-3-1)11-8-4-5-9-12-11;;;;/h2-13,16-17H,1H3;2-15H,1H3;1-14,25-26H;1-3,5-11,14H,4,12-13,15-18H2;3-7,9-10H,2H2,1H3;1-6,8-9H;;;;/q-2;-1;;-2;2*-1;;;;+3. The Balaban J connectivity index is 0.000000144. The van der Waals surface area contributed by atoms with Crippen molar-refractivity contribution in [1.29, 1.82) is 0 Å². The maximum Gasteiger partial charge on any atom is 3.00 e. The molecule has 11 heterocycles. The molecule has 0 spiro atoms. The largest absolute Gasteiger partial charge is 3.00 e. The minimum atomic E-state index is 0. The topological polar surface area (TPSA) is 222 Å². The van der Waals surface area contributed by atoms with Crippen LogP contribution in [0.2, 0.25) is 0 Å². The zero-order valence-electron chi connectivity index (χ0n) is 76.8. The fourth-order valence-corrected chi connectivity index (χ4v) is 15.9. The van der Waals surface area contributed by atoms with Gasteiger partial charge in [-0.05, 0) is 155 Å². The summed E-state index contributed by atoms with van der Waals surface area (Å²) in [6, 6.07) is 132. The Morgan fingerprint density at radius 3 is 1.26 bits per heavy atom. The molecule has 0 bridgehead atoms. The van der Waals surface area contributed by atoms with Crippen LogP contribution in [0.5, 0.6) is 11.5 Å². The monoisotopic (exact) mass is 2540 g/mol. The van der Waals surface area contributed by atoms with Crippen LogP contribution in [0.1, 0.15) is 47.5 Å². The van der Waals surface area contributed by atoms with E-state index in [-0.39, 0.29) is 91.9 Å². The maximum absolute atomic E-state index is 10.1. The molecule has 0 aliphatic rings. The van der Waals surface area contributed by atoms with Crippen LogP contribution in [0, 0.1) is 44.2 Å². The van der Waals surface area contributed by atoms with Crippen LogP contribution < -0.4 is 19.7 Å². The molecule has 0 fully saturated rings. The van der Waals surface area contributed by atoms with Crippen LogP contribution in [-0.2, 0) is 113 Å². The molecule has 3 radical (unpaired) electrons. The molecule has 0 saturated heterocycles. The molecule has 140 heavy (non-hydrogen) atoms. The van der Waals surface area contributed by atoms with Crippen molar-refractivity contribution in [2.24, 2.45) is 0 Å². The summed E-state index contributed by atoms with van der Waals surface area (Å²) < 4.78 is 1.92. The number of imidazole rings is 2. The Labute approximate surface area is 869 Å². The number of aromatic hydroxyl groups is 2. The van der Waals surface area contributed by atoms with Gasteiger partial charge in [-0.15, -0.1) is 160 Å². The number of nitrogens with zero attached hydrogens (tertiary/aromatic N) is 16. The Bertz CT molecular complexity index is 7030. The number of rotatable bonds is 22. The van der Waals surface area contributed by atoms with Gasteiger partial charge in [0.1, 0.15) is 11.5 Å². The van der Waals surface area contributed by atoms with Crippen molar-refractivity contribution >= 4 is 43.1 Å². The molecule has 0 unspecified atom stereocenters. The average molecular weight is 2540 g/mol. The van der Waals surface area contributed by atoms with Crippen LogP contribution in [0.25, 0.3) is 145 Å². The Morgan fingerprint density at radius 1 is 0.329 bits per heavy atom. The quantitative estimate of drug-likeness (QED) is 0.0475. The number of aryl methyl sites for hydroxylation is 3. The summed E-state index contributed by atoms with van der Waals surface area (Å²) in [4.78, 5) is 58.8. The van der Waals surface area contributed by atoms with Gasteiger partial charge in [0.15, 0.2) is 12.9 Å². The van der Waals surface area contributed by atoms with Crippen LogP contribution in [0.15, 0.2) is 414 Å². The third-order valence-corrected chi connectivity index (χ3v) is 22.4. The summed E-state index contributed by atoms with van der Waals surface area (Å²) >= 11 is 0. The minimum absolute atomic E-state index is 0. The Morgan fingerprint density at radius 2 is 0.771 bits per heavy atom. The van der Waals surface area contributed by atoms with E-state index in [4.69, 9.17) is 4.98 Å². The molecule has 18 nitrogen and oxygen atoms in total.